The Morgan fingerprint density at radius 3 is 2.30 bits per heavy atom. The van der Waals surface area contributed by atoms with Crippen molar-refractivity contribution < 1.29 is 5.11 Å². The molecule has 0 fully saturated rings. The molecule has 0 amide bonds. The molecule has 0 atom stereocenters. The van der Waals surface area contributed by atoms with Crippen molar-refractivity contribution in [2.45, 2.75) is 33.7 Å². The van der Waals surface area contributed by atoms with E-state index in [1.807, 2.05) is 26.0 Å². The molecule has 0 saturated heterocycles. The molecule has 0 spiro atoms. The number of rotatable bonds is 6. The lowest BCUT2D eigenvalue weighted by molar-refractivity contribution is 0.402. The lowest BCUT2D eigenvalue weighted by atomic mass is 10.0. The Morgan fingerprint density at radius 2 is 1.70 bits per heavy atom. The normalized spacial score (nSPS) is 11.4. The summed E-state index contributed by atoms with van der Waals surface area (Å²) < 4.78 is 1.68. The maximum atomic E-state index is 12.4. The number of thiazole rings is 1. The molecular formula is C25H24N4O2S2. The van der Waals surface area contributed by atoms with Crippen molar-refractivity contribution in [2.75, 3.05) is 0 Å². The zero-order valence-corrected chi connectivity index (χ0v) is 20.3. The minimum absolute atomic E-state index is 0.0565. The molecule has 8 heteroatoms. The number of nitrogens with zero attached hydrogens (tertiary/aromatic N) is 3. The molecule has 0 aliphatic rings. The fourth-order valence-corrected chi connectivity index (χ4v) is 4.62. The molecule has 0 aliphatic carbocycles. The highest BCUT2D eigenvalue weighted by molar-refractivity contribution is 7.71. The van der Waals surface area contributed by atoms with E-state index in [4.69, 9.17) is 17.2 Å². The van der Waals surface area contributed by atoms with Crippen LogP contribution >= 0.6 is 23.6 Å². The van der Waals surface area contributed by atoms with Crippen LogP contribution in [-0.4, -0.2) is 25.9 Å². The second-order valence-corrected chi connectivity index (χ2v) is 9.18. The van der Waals surface area contributed by atoms with E-state index >= 15 is 0 Å². The highest BCUT2D eigenvalue weighted by Gasteiger charge is 2.16. The van der Waals surface area contributed by atoms with E-state index in [-0.39, 0.29) is 16.2 Å². The van der Waals surface area contributed by atoms with Crippen LogP contribution in [0.5, 0.6) is 5.88 Å². The molecule has 0 saturated carbocycles. The molecule has 0 unspecified atom stereocenters. The molecule has 4 rings (SSSR count). The van der Waals surface area contributed by atoms with E-state index in [0.29, 0.717) is 11.7 Å². The predicted octanol–water partition coefficient (Wildman–Crippen LogP) is 6.18. The smallest absolute Gasteiger partial charge is 0.264 e. The van der Waals surface area contributed by atoms with Crippen molar-refractivity contribution >= 4 is 34.9 Å². The first kappa shape index (κ1) is 22.8. The molecule has 168 valence electrons. The molecule has 2 aromatic heterocycles. The minimum Gasteiger partial charge on any atom is -0.494 e. The number of hydrogen-bond acceptors (Lipinski definition) is 6. The third-order valence-electron chi connectivity index (χ3n) is 5.21. The Morgan fingerprint density at radius 1 is 1.09 bits per heavy atom. The molecule has 2 heterocycles. The van der Waals surface area contributed by atoms with Crippen LogP contribution in [0.2, 0.25) is 0 Å². The van der Waals surface area contributed by atoms with Crippen molar-refractivity contribution in [1.82, 2.24) is 14.5 Å². The Labute approximate surface area is 201 Å². The second-order valence-electron chi connectivity index (χ2n) is 7.81. The van der Waals surface area contributed by atoms with Gasteiger partial charge in [0, 0.05) is 18.3 Å². The number of aromatic amines is 1. The number of nitrogens with one attached hydrogen (secondary N) is 1. The van der Waals surface area contributed by atoms with Crippen molar-refractivity contribution in [2.24, 2.45) is 4.99 Å². The van der Waals surface area contributed by atoms with E-state index in [9.17, 15) is 9.90 Å². The zero-order valence-electron chi connectivity index (χ0n) is 18.6. The number of aryl methyl sites for hydroxylation is 2. The van der Waals surface area contributed by atoms with E-state index in [1.165, 1.54) is 33.2 Å². The highest BCUT2D eigenvalue weighted by atomic mass is 32.1. The monoisotopic (exact) mass is 476 g/mol. The number of aromatic nitrogens is 3. The van der Waals surface area contributed by atoms with Gasteiger partial charge in [-0.15, -0.1) is 0 Å². The Hall–Kier alpha value is -3.36. The lowest BCUT2D eigenvalue weighted by Gasteiger charge is -2.09. The topological polar surface area (TPSA) is 83.3 Å². The summed E-state index contributed by atoms with van der Waals surface area (Å²) >= 11 is 6.61. The van der Waals surface area contributed by atoms with E-state index in [0.717, 1.165) is 28.1 Å². The quantitative estimate of drug-likeness (QED) is 0.257. The van der Waals surface area contributed by atoms with Gasteiger partial charge >= 0.3 is 0 Å². The summed E-state index contributed by atoms with van der Waals surface area (Å²) in [7, 11) is 0. The predicted molar refractivity (Wildman–Crippen MR) is 138 cm³/mol. The third kappa shape index (κ3) is 4.86. The van der Waals surface area contributed by atoms with E-state index < -0.39 is 5.56 Å². The van der Waals surface area contributed by atoms with Crippen LogP contribution in [0.3, 0.4) is 0 Å². The highest BCUT2D eigenvalue weighted by Crippen LogP contribution is 2.40. The Bertz CT molecular complexity index is 1370. The van der Waals surface area contributed by atoms with E-state index in [2.05, 4.69) is 53.3 Å². The zero-order chi connectivity index (χ0) is 23.5. The minimum atomic E-state index is -0.484. The van der Waals surface area contributed by atoms with Crippen LogP contribution in [0.4, 0.5) is 5.13 Å². The van der Waals surface area contributed by atoms with Crippen LogP contribution in [0.1, 0.15) is 30.0 Å². The molecule has 4 aromatic rings. The van der Waals surface area contributed by atoms with E-state index in [1.54, 1.807) is 0 Å². The maximum Gasteiger partial charge on any atom is 0.264 e. The van der Waals surface area contributed by atoms with Gasteiger partial charge in [0.15, 0.2) is 4.77 Å². The lowest BCUT2D eigenvalue weighted by Crippen LogP contribution is -2.18. The third-order valence-corrected chi connectivity index (χ3v) is 6.55. The number of aromatic hydroxyl groups is 1. The molecule has 0 radical (unpaired) electrons. The van der Waals surface area contributed by atoms with Gasteiger partial charge in [0.25, 0.3) is 5.56 Å². The molecule has 33 heavy (non-hydrogen) atoms. The average Bonchev–Trinajstić information content (AvgIpc) is 3.21. The number of H-pyrrole nitrogens is 1. The second kappa shape index (κ2) is 9.64. The van der Waals surface area contributed by atoms with Crippen LogP contribution in [0.25, 0.3) is 21.7 Å². The fourth-order valence-electron chi connectivity index (χ4n) is 3.41. The van der Waals surface area contributed by atoms with Gasteiger partial charge in [-0.2, -0.15) is 0 Å². The summed E-state index contributed by atoms with van der Waals surface area (Å²) in [6.07, 6.45) is 2.11. The maximum absolute atomic E-state index is 12.4. The summed E-state index contributed by atoms with van der Waals surface area (Å²) in [5.74, 6) is -0.191. The summed E-state index contributed by atoms with van der Waals surface area (Å²) in [6, 6.07) is 16.5. The van der Waals surface area contributed by atoms with Gasteiger partial charge in [-0.25, -0.2) is 9.98 Å². The summed E-state index contributed by atoms with van der Waals surface area (Å²) in [6.45, 7) is 6.56. The molecule has 2 N–H and O–H groups in total. The van der Waals surface area contributed by atoms with Crippen molar-refractivity contribution in [3.05, 3.63) is 80.3 Å². The Balaban J connectivity index is 1.80. The van der Waals surface area contributed by atoms with Gasteiger partial charge in [-0.1, -0.05) is 77.9 Å². The number of hydrogen-bond donors (Lipinski definition) is 2. The first-order chi connectivity index (χ1) is 15.9. The van der Waals surface area contributed by atoms with Crippen molar-refractivity contribution in [3.63, 3.8) is 0 Å². The van der Waals surface area contributed by atoms with Gasteiger partial charge in [0.1, 0.15) is 5.56 Å². The summed E-state index contributed by atoms with van der Waals surface area (Å²) in [5, 5.41) is 11.1. The van der Waals surface area contributed by atoms with Crippen LogP contribution < -0.4 is 5.56 Å². The first-order valence-electron chi connectivity index (χ1n) is 10.6. The van der Waals surface area contributed by atoms with Crippen LogP contribution in [-0.2, 0) is 6.54 Å². The van der Waals surface area contributed by atoms with Gasteiger partial charge in [-0.05, 0) is 38.0 Å². The SMILES string of the molecule is CCCn1c(O)c(C=Nc2nc(-c3ccc(C)cc3)c(-c3ccc(C)cc3)s2)c(=O)[nH]c1=S. The largest absolute Gasteiger partial charge is 0.494 e. The van der Waals surface area contributed by atoms with Crippen LogP contribution in [0, 0.1) is 18.6 Å². The Kier molecular flexibility index (Phi) is 6.67. The molecule has 0 bridgehead atoms. The summed E-state index contributed by atoms with van der Waals surface area (Å²) in [5.41, 5.74) is 4.79. The van der Waals surface area contributed by atoms with Crippen molar-refractivity contribution in [1.29, 1.82) is 0 Å². The molecule has 0 aliphatic heterocycles. The number of benzene rings is 2. The van der Waals surface area contributed by atoms with Gasteiger partial charge in [-0.3, -0.25) is 14.3 Å². The van der Waals surface area contributed by atoms with Gasteiger partial charge < -0.3 is 5.11 Å². The number of aliphatic imine (C=N–C) groups is 1. The molecule has 6 nitrogen and oxygen atoms in total. The molecular weight excluding hydrogens is 452 g/mol. The standard InChI is InChI=1S/C25H24N4O2S2/c1-4-13-29-23(31)19(22(30)28-25(29)32)14-26-24-27-20(17-9-5-15(2)6-10-17)21(33-24)18-11-7-16(3)8-12-18/h5-12,14,31H,4,13H2,1-3H3,(H,28,30,32). The molecule has 2 aromatic carbocycles. The fraction of sp³-hybridized carbons (Fsp3) is 0.200. The van der Waals surface area contributed by atoms with Crippen LogP contribution in [0.15, 0.2) is 58.3 Å². The van der Waals surface area contributed by atoms with Crippen molar-refractivity contribution in [3.8, 4) is 27.6 Å². The first-order valence-corrected chi connectivity index (χ1v) is 11.8. The van der Waals surface area contributed by atoms with Gasteiger partial charge in [0.2, 0.25) is 11.0 Å². The van der Waals surface area contributed by atoms with Gasteiger partial charge in [0.05, 0.1) is 10.6 Å². The average molecular weight is 477 g/mol. The summed E-state index contributed by atoms with van der Waals surface area (Å²) in [4.78, 5) is 25.2.